The van der Waals surface area contributed by atoms with E-state index in [1.54, 1.807) is 7.11 Å². The first kappa shape index (κ1) is 19.5. The number of carbonyl (C=O) groups excluding carboxylic acids is 1. The highest BCUT2D eigenvalue weighted by atomic mass is 35.5. The van der Waals surface area contributed by atoms with Gasteiger partial charge in [0.15, 0.2) is 6.04 Å². The Morgan fingerprint density at radius 3 is 2.48 bits per heavy atom. The number of methoxy groups -OCH3 is 1. The second-order valence-corrected chi connectivity index (χ2v) is 7.09. The van der Waals surface area contributed by atoms with E-state index in [0.29, 0.717) is 5.69 Å². The minimum absolute atomic E-state index is 0.114. The minimum atomic E-state index is -0.425. The molecule has 7 heteroatoms. The van der Waals surface area contributed by atoms with Gasteiger partial charge in [0.25, 0.3) is 5.91 Å². The lowest BCUT2D eigenvalue weighted by Gasteiger charge is -2.36. The van der Waals surface area contributed by atoms with Crippen LogP contribution in [0.5, 0.6) is 5.75 Å². The maximum atomic E-state index is 13.1. The van der Waals surface area contributed by atoms with Crippen molar-refractivity contribution >= 4 is 28.9 Å². The quantitative estimate of drug-likeness (QED) is 0.820. The van der Waals surface area contributed by atoms with Crippen molar-refractivity contribution in [2.75, 3.05) is 43.5 Å². The number of ether oxygens (including phenoxy) is 1. The molecule has 1 heterocycles. The molecule has 2 aromatic rings. The zero-order chi connectivity index (χ0) is 19.4. The number of anilines is 2. The van der Waals surface area contributed by atoms with E-state index < -0.39 is 5.82 Å². The van der Waals surface area contributed by atoms with E-state index in [1.165, 1.54) is 23.1 Å². The summed E-state index contributed by atoms with van der Waals surface area (Å²) in [5.41, 5.74) is 1.59. The van der Waals surface area contributed by atoms with E-state index in [1.807, 2.05) is 19.1 Å². The maximum absolute atomic E-state index is 13.1. The number of rotatable bonds is 5. The van der Waals surface area contributed by atoms with Gasteiger partial charge in [0.1, 0.15) is 11.6 Å². The van der Waals surface area contributed by atoms with E-state index >= 15 is 0 Å². The summed E-state index contributed by atoms with van der Waals surface area (Å²) in [6, 6.07) is 11.8. The Balaban J connectivity index is 1.55. The van der Waals surface area contributed by atoms with Crippen molar-refractivity contribution < 1.29 is 18.8 Å². The number of hydrogen-bond donors (Lipinski definition) is 2. The van der Waals surface area contributed by atoms with E-state index in [4.69, 9.17) is 16.3 Å². The molecule has 1 aliphatic heterocycles. The number of hydrogen-bond acceptors (Lipinski definition) is 3. The predicted octanol–water partition coefficient (Wildman–Crippen LogP) is 2.22. The standard InChI is InChI=1S/C20H23ClFN3O2/c1-14(20(26)23-19-8-3-15(22)13-18(19)21)24-9-11-25(12-10-24)16-4-6-17(27-2)7-5-16/h3-8,13-14H,9-12H2,1-2H3,(H,23,26)/p+1/t14-/m0/s1. The topological polar surface area (TPSA) is 46.0 Å². The van der Waals surface area contributed by atoms with Crippen molar-refractivity contribution in [2.45, 2.75) is 13.0 Å². The predicted molar refractivity (Wildman–Crippen MR) is 105 cm³/mol. The normalized spacial score (nSPS) is 16.1. The van der Waals surface area contributed by atoms with Gasteiger partial charge in [-0.3, -0.25) is 4.79 Å². The number of piperazine rings is 1. The lowest BCUT2D eigenvalue weighted by atomic mass is 10.2. The van der Waals surface area contributed by atoms with Crippen molar-refractivity contribution in [3.63, 3.8) is 0 Å². The van der Waals surface area contributed by atoms with Gasteiger partial charge < -0.3 is 19.9 Å². The fraction of sp³-hybridized carbons (Fsp3) is 0.350. The molecule has 0 aliphatic carbocycles. The molecule has 0 bridgehead atoms. The number of benzene rings is 2. The molecular weight excluding hydrogens is 369 g/mol. The number of nitrogens with zero attached hydrogens (tertiary/aromatic N) is 1. The monoisotopic (exact) mass is 392 g/mol. The van der Waals surface area contributed by atoms with E-state index in [9.17, 15) is 9.18 Å². The lowest BCUT2D eigenvalue weighted by Crippen LogP contribution is -3.19. The summed E-state index contributed by atoms with van der Waals surface area (Å²) in [4.78, 5) is 16.1. The molecule has 1 saturated heterocycles. The number of halogens is 2. The molecule has 0 spiro atoms. The Kier molecular flexibility index (Phi) is 6.19. The van der Waals surface area contributed by atoms with Crippen molar-refractivity contribution in [2.24, 2.45) is 0 Å². The van der Waals surface area contributed by atoms with Gasteiger partial charge in [-0.2, -0.15) is 0 Å². The average Bonchev–Trinajstić information content (AvgIpc) is 2.69. The smallest absolute Gasteiger partial charge is 0.282 e. The number of amides is 1. The molecular formula is C20H24ClFN3O2+. The molecule has 0 unspecified atom stereocenters. The van der Waals surface area contributed by atoms with Crippen LogP contribution >= 0.6 is 11.6 Å². The molecule has 1 atom stereocenters. The molecule has 27 heavy (non-hydrogen) atoms. The summed E-state index contributed by atoms with van der Waals surface area (Å²) in [6.07, 6.45) is 0. The van der Waals surface area contributed by atoms with E-state index in [2.05, 4.69) is 22.3 Å². The summed E-state index contributed by atoms with van der Waals surface area (Å²) in [6.45, 7) is 5.37. The van der Waals surface area contributed by atoms with Crippen LogP contribution in [0.3, 0.4) is 0 Å². The Hall–Kier alpha value is -2.31. The second kappa shape index (κ2) is 8.59. The maximum Gasteiger partial charge on any atom is 0.282 e. The Morgan fingerprint density at radius 1 is 1.22 bits per heavy atom. The third-order valence-electron chi connectivity index (χ3n) is 5.04. The third-order valence-corrected chi connectivity index (χ3v) is 5.35. The molecule has 2 N–H and O–H groups in total. The highest BCUT2D eigenvalue weighted by Gasteiger charge is 2.29. The van der Waals surface area contributed by atoms with E-state index in [-0.39, 0.29) is 17.0 Å². The molecule has 0 aromatic heterocycles. The van der Waals surface area contributed by atoms with Crippen LogP contribution < -0.4 is 19.9 Å². The van der Waals surface area contributed by atoms with Crippen LogP contribution in [0.2, 0.25) is 5.02 Å². The number of carbonyl (C=O) groups is 1. The van der Waals surface area contributed by atoms with Crippen molar-refractivity contribution in [3.8, 4) is 5.75 Å². The van der Waals surface area contributed by atoms with Crippen molar-refractivity contribution in [1.82, 2.24) is 0 Å². The first-order valence-corrected chi connectivity index (χ1v) is 9.35. The van der Waals surface area contributed by atoms with Crippen LogP contribution in [0.4, 0.5) is 15.8 Å². The molecule has 2 aromatic carbocycles. The molecule has 0 saturated carbocycles. The molecule has 1 aliphatic rings. The Bertz CT molecular complexity index is 792. The van der Waals surface area contributed by atoms with Gasteiger partial charge in [0, 0.05) is 5.69 Å². The van der Waals surface area contributed by atoms with Gasteiger partial charge >= 0.3 is 0 Å². The fourth-order valence-corrected chi connectivity index (χ4v) is 3.51. The van der Waals surface area contributed by atoms with Gasteiger partial charge in [-0.1, -0.05) is 11.6 Å². The van der Waals surface area contributed by atoms with E-state index in [0.717, 1.165) is 37.6 Å². The lowest BCUT2D eigenvalue weighted by molar-refractivity contribution is -0.914. The summed E-state index contributed by atoms with van der Waals surface area (Å²) >= 11 is 6.00. The van der Waals surface area contributed by atoms with Crippen LogP contribution in [0.25, 0.3) is 0 Å². The zero-order valence-corrected chi connectivity index (χ0v) is 16.2. The molecule has 1 fully saturated rings. The van der Waals surface area contributed by atoms with Crippen LogP contribution in [0.1, 0.15) is 6.92 Å². The summed E-state index contributed by atoms with van der Waals surface area (Å²) in [5.74, 6) is 0.301. The second-order valence-electron chi connectivity index (χ2n) is 6.68. The Labute approximate surface area is 163 Å². The van der Waals surface area contributed by atoms with Gasteiger partial charge in [0.2, 0.25) is 0 Å². The third kappa shape index (κ3) is 4.70. The first-order valence-electron chi connectivity index (χ1n) is 8.97. The number of nitrogens with one attached hydrogen (secondary N) is 2. The Morgan fingerprint density at radius 2 is 1.89 bits per heavy atom. The first-order chi connectivity index (χ1) is 13.0. The van der Waals surface area contributed by atoms with Crippen molar-refractivity contribution in [3.05, 3.63) is 53.3 Å². The zero-order valence-electron chi connectivity index (χ0n) is 15.5. The van der Waals surface area contributed by atoms with Gasteiger partial charge in [-0.15, -0.1) is 0 Å². The minimum Gasteiger partial charge on any atom is -0.497 e. The largest absolute Gasteiger partial charge is 0.497 e. The highest BCUT2D eigenvalue weighted by Crippen LogP contribution is 2.22. The van der Waals surface area contributed by atoms with Gasteiger partial charge in [0.05, 0.1) is 44.0 Å². The van der Waals surface area contributed by atoms with Gasteiger partial charge in [-0.05, 0) is 49.4 Å². The molecule has 144 valence electrons. The average molecular weight is 393 g/mol. The highest BCUT2D eigenvalue weighted by molar-refractivity contribution is 6.33. The molecule has 0 radical (unpaired) electrons. The molecule has 1 amide bonds. The number of quaternary nitrogens is 1. The summed E-state index contributed by atoms with van der Waals surface area (Å²) in [5, 5.41) is 3.01. The van der Waals surface area contributed by atoms with Gasteiger partial charge in [-0.25, -0.2) is 4.39 Å². The molecule has 3 rings (SSSR count). The fourth-order valence-electron chi connectivity index (χ4n) is 3.30. The molecule has 5 nitrogen and oxygen atoms in total. The van der Waals surface area contributed by atoms with Crippen LogP contribution in [0.15, 0.2) is 42.5 Å². The van der Waals surface area contributed by atoms with Crippen LogP contribution in [0, 0.1) is 5.82 Å². The SMILES string of the molecule is COc1ccc(N2CC[NH+]([C@@H](C)C(=O)Nc3ccc(F)cc3Cl)CC2)cc1. The van der Waals surface area contributed by atoms with Crippen LogP contribution in [-0.4, -0.2) is 45.2 Å². The van der Waals surface area contributed by atoms with Crippen molar-refractivity contribution in [1.29, 1.82) is 0 Å². The summed E-state index contributed by atoms with van der Waals surface area (Å²) < 4.78 is 18.3. The summed E-state index contributed by atoms with van der Waals surface area (Å²) in [7, 11) is 1.66. The van der Waals surface area contributed by atoms with Crippen LogP contribution in [-0.2, 0) is 4.79 Å².